The third kappa shape index (κ3) is 4.07. The van der Waals surface area contributed by atoms with Gasteiger partial charge in [-0.1, -0.05) is 32.9 Å². The number of carbonyl (C=O) groups is 3. The van der Waals surface area contributed by atoms with Crippen LogP contribution in [0.25, 0.3) is 0 Å². The fraction of sp³-hybridized carbons (Fsp3) is 0.550. The van der Waals surface area contributed by atoms with E-state index in [2.05, 4.69) is 5.32 Å². The van der Waals surface area contributed by atoms with Crippen molar-refractivity contribution in [3.8, 4) is 5.75 Å². The molecule has 1 aromatic rings. The summed E-state index contributed by atoms with van der Waals surface area (Å²) in [5, 5.41) is 2.80. The number of nitrogens with one attached hydrogen (secondary N) is 1. The maximum atomic E-state index is 13.1. The summed E-state index contributed by atoms with van der Waals surface area (Å²) in [6.07, 6.45) is 2.05. The molecule has 0 spiro atoms. The average molecular weight is 375 g/mol. The predicted molar refractivity (Wildman–Crippen MR) is 102 cm³/mol. The van der Waals surface area contributed by atoms with Gasteiger partial charge in [-0.2, -0.15) is 0 Å². The number of rotatable bonds is 9. The molecule has 1 saturated heterocycles. The van der Waals surface area contributed by atoms with Crippen LogP contribution in [0.1, 0.15) is 45.6 Å². The van der Waals surface area contributed by atoms with Crippen LogP contribution in [0.5, 0.6) is 5.75 Å². The Labute approximate surface area is 160 Å². The van der Waals surface area contributed by atoms with Crippen LogP contribution >= 0.6 is 0 Å². The highest BCUT2D eigenvalue weighted by molar-refractivity contribution is 6.09. The number of carbonyl (C=O) groups excluding carboxylic acids is 3. The van der Waals surface area contributed by atoms with Crippen molar-refractivity contribution in [2.24, 2.45) is 0 Å². The largest absolute Gasteiger partial charge is 0.497 e. The molecule has 27 heavy (non-hydrogen) atoms. The number of nitrogens with zero attached hydrogens (tertiary/aromatic N) is 2. The predicted octanol–water partition coefficient (Wildman–Crippen LogP) is 2.50. The molecule has 0 saturated carbocycles. The van der Waals surface area contributed by atoms with Gasteiger partial charge in [-0.25, -0.2) is 4.79 Å². The summed E-state index contributed by atoms with van der Waals surface area (Å²) in [7, 11) is 1.57. The molecule has 1 aliphatic rings. The zero-order valence-electron chi connectivity index (χ0n) is 16.6. The summed E-state index contributed by atoms with van der Waals surface area (Å²) >= 11 is 0. The number of amides is 4. The van der Waals surface area contributed by atoms with E-state index in [1.807, 2.05) is 20.8 Å². The van der Waals surface area contributed by atoms with Gasteiger partial charge in [-0.05, 0) is 37.0 Å². The van der Waals surface area contributed by atoms with E-state index in [-0.39, 0.29) is 18.4 Å². The normalized spacial score (nSPS) is 19.2. The molecule has 0 radical (unpaired) electrons. The van der Waals surface area contributed by atoms with Crippen molar-refractivity contribution in [2.45, 2.75) is 45.6 Å². The quantitative estimate of drug-likeness (QED) is 0.673. The lowest BCUT2D eigenvalue weighted by atomic mass is 9.87. The first-order chi connectivity index (χ1) is 12.9. The molecule has 0 aliphatic carbocycles. The van der Waals surface area contributed by atoms with Crippen LogP contribution in [0.15, 0.2) is 24.3 Å². The lowest BCUT2D eigenvalue weighted by Crippen LogP contribution is -2.45. The van der Waals surface area contributed by atoms with Crippen LogP contribution in [0.3, 0.4) is 0 Å². The summed E-state index contributed by atoms with van der Waals surface area (Å²) in [5.74, 6) is 0.0777. The molecule has 7 nitrogen and oxygen atoms in total. The monoisotopic (exact) mass is 375 g/mol. The number of hydrogen-bond donors (Lipinski definition) is 1. The zero-order valence-corrected chi connectivity index (χ0v) is 16.6. The average Bonchev–Trinajstić information content (AvgIpc) is 2.93. The van der Waals surface area contributed by atoms with Crippen molar-refractivity contribution in [3.05, 3.63) is 29.8 Å². The molecule has 0 aromatic heterocycles. The van der Waals surface area contributed by atoms with Crippen molar-refractivity contribution in [1.82, 2.24) is 15.1 Å². The fourth-order valence-corrected chi connectivity index (χ4v) is 3.42. The van der Waals surface area contributed by atoms with Gasteiger partial charge in [0.15, 0.2) is 0 Å². The molecule has 2 rings (SSSR count). The topological polar surface area (TPSA) is 79.0 Å². The van der Waals surface area contributed by atoms with Crippen molar-refractivity contribution in [2.75, 3.05) is 26.7 Å². The first-order valence-electron chi connectivity index (χ1n) is 9.49. The maximum absolute atomic E-state index is 13.1. The Morgan fingerprint density at radius 1 is 1.11 bits per heavy atom. The summed E-state index contributed by atoms with van der Waals surface area (Å²) in [4.78, 5) is 41.0. The first kappa shape index (κ1) is 20.7. The summed E-state index contributed by atoms with van der Waals surface area (Å²) in [6.45, 7) is 6.84. The SMILES string of the molecule is CCCN(CCC)C(=O)CN1C(=O)N[C@@](CC)(c2ccc(OC)cc2)C1=O. The van der Waals surface area contributed by atoms with Crippen LogP contribution < -0.4 is 10.1 Å². The van der Waals surface area contributed by atoms with E-state index in [9.17, 15) is 14.4 Å². The van der Waals surface area contributed by atoms with Gasteiger partial charge in [0.05, 0.1) is 7.11 Å². The third-order valence-electron chi connectivity index (χ3n) is 4.92. The van der Waals surface area contributed by atoms with Gasteiger partial charge < -0.3 is 15.0 Å². The van der Waals surface area contributed by atoms with Crippen LogP contribution in [-0.4, -0.2) is 54.4 Å². The second-order valence-electron chi connectivity index (χ2n) is 6.69. The molecule has 7 heteroatoms. The fourth-order valence-electron chi connectivity index (χ4n) is 3.42. The van der Waals surface area contributed by atoms with Gasteiger partial charge in [-0.3, -0.25) is 14.5 Å². The smallest absolute Gasteiger partial charge is 0.325 e. The van der Waals surface area contributed by atoms with Crippen molar-refractivity contribution >= 4 is 17.8 Å². The summed E-state index contributed by atoms with van der Waals surface area (Å²) < 4.78 is 5.16. The highest BCUT2D eigenvalue weighted by Gasteiger charge is 2.51. The standard InChI is InChI=1S/C20H29N3O4/c1-5-12-22(13-6-2)17(24)14-23-18(25)20(7-3,21-19(23)26)15-8-10-16(27-4)11-9-15/h8-11H,5-7,12-14H2,1-4H3,(H,21,26)/t20-/m0/s1. The highest BCUT2D eigenvalue weighted by atomic mass is 16.5. The number of hydrogen-bond acceptors (Lipinski definition) is 4. The number of benzene rings is 1. The second kappa shape index (κ2) is 8.88. The molecule has 1 N–H and O–H groups in total. The third-order valence-corrected chi connectivity index (χ3v) is 4.92. The van der Waals surface area contributed by atoms with Gasteiger partial charge in [0, 0.05) is 13.1 Å². The minimum absolute atomic E-state index is 0.205. The first-order valence-corrected chi connectivity index (χ1v) is 9.49. The molecule has 1 fully saturated rings. The van der Waals surface area contributed by atoms with Gasteiger partial charge in [0.2, 0.25) is 5.91 Å². The number of ether oxygens (including phenoxy) is 1. The van der Waals surface area contributed by atoms with Crippen molar-refractivity contribution < 1.29 is 19.1 Å². The van der Waals surface area contributed by atoms with E-state index >= 15 is 0 Å². The number of urea groups is 1. The van der Waals surface area contributed by atoms with Crippen molar-refractivity contribution in [1.29, 1.82) is 0 Å². The van der Waals surface area contributed by atoms with E-state index in [1.165, 1.54) is 0 Å². The van der Waals surface area contributed by atoms with Crippen LogP contribution in [0.4, 0.5) is 4.79 Å². The number of imide groups is 1. The Morgan fingerprint density at radius 2 is 1.70 bits per heavy atom. The molecule has 1 heterocycles. The Morgan fingerprint density at radius 3 is 2.19 bits per heavy atom. The van der Waals surface area contributed by atoms with E-state index in [0.717, 1.165) is 17.7 Å². The van der Waals surface area contributed by atoms with Gasteiger partial charge in [0.25, 0.3) is 5.91 Å². The summed E-state index contributed by atoms with van der Waals surface area (Å²) in [5.41, 5.74) is -0.470. The van der Waals surface area contributed by atoms with Gasteiger partial charge >= 0.3 is 6.03 Å². The Balaban J connectivity index is 2.24. The van der Waals surface area contributed by atoms with E-state index in [1.54, 1.807) is 36.3 Å². The molecule has 148 valence electrons. The van der Waals surface area contributed by atoms with Crippen LogP contribution in [0.2, 0.25) is 0 Å². The minimum atomic E-state index is -1.15. The van der Waals surface area contributed by atoms with Gasteiger partial charge in [-0.15, -0.1) is 0 Å². The Hall–Kier alpha value is -2.57. The molecular weight excluding hydrogens is 346 g/mol. The van der Waals surface area contributed by atoms with Crippen LogP contribution in [-0.2, 0) is 15.1 Å². The second-order valence-corrected chi connectivity index (χ2v) is 6.69. The molecule has 4 amide bonds. The van der Waals surface area contributed by atoms with Crippen LogP contribution in [0, 0.1) is 0 Å². The maximum Gasteiger partial charge on any atom is 0.325 e. The highest BCUT2D eigenvalue weighted by Crippen LogP contribution is 2.33. The molecule has 1 aliphatic heterocycles. The summed E-state index contributed by atoms with van der Waals surface area (Å²) in [6, 6.07) is 6.52. The molecule has 0 unspecified atom stereocenters. The zero-order chi connectivity index (χ0) is 20.0. The van der Waals surface area contributed by atoms with E-state index in [0.29, 0.717) is 30.8 Å². The molecule has 1 atom stereocenters. The minimum Gasteiger partial charge on any atom is -0.497 e. The van der Waals surface area contributed by atoms with E-state index in [4.69, 9.17) is 4.74 Å². The molecule has 0 bridgehead atoms. The van der Waals surface area contributed by atoms with Crippen molar-refractivity contribution in [3.63, 3.8) is 0 Å². The molecular formula is C20H29N3O4. The van der Waals surface area contributed by atoms with E-state index < -0.39 is 11.6 Å². The lowest BCUT2D eigenvalue weighted by molar-refractivity contribution is -0.139. The Bertz CT molecular complexity index is 683. The van der Waals surface area contributed by atoms with Gasteiger partial charge in [0.1, 0.15) is 17.8 Å². The lowest BCUT2D eigenvalue weighted by Gasteiger charge is -2.27. The molecule has 1 aromatic carbocycles. The number of methoxy groups -OCH3 is 1. The Kier molecular flexibility index (Phi) is 6.82.